The molecule has 0 saturated heterocycles. The molecular weight excluding hydrogens is 466 g/mol. The van der Waals surface area contributed by atoms with E-state index in [9.17, 15) is 14.4 Å². The Balaban J connectivity index is 1.86. The number of anilines is 1. The van der Waals surface area contributed by atoms with Crippen LogP contribution in [0.15, 0.2) is 69.6 Å². The van der Waals surface area contributed by atoms with Crippen LogP contribution in [0, 0.1) is 0 Å². The molecule has 0 saturated carbocycles. The van der Waals surface area contributed by atoms with Gasteiger partial charge < -0.3 is 14.4 Å². The van der Waals surface area contributed by atoms with Crippen LogP contribution in [0.1, 0.15) is 31.0 Å². The van der Waals surface area contributed by atoms with E-state index in [-0.39, 0.29) is 11.1 Å². The molecule has 0 aliphatic carbocycles. The third-order valence-corrected chi connectivity index (χ3v) is 6.57. The maximum absolute atomic E-state index is 13.6. The summed E-state index contributed by atoms with van der Waals surface area (Å²) in [5.41, 5.74) is 3.11. The Morgan fingerprint density at radius 3 is 2.31 bits per heavy atom. The molecule has 0 N–H and O–H groups in total. The number of nitrogens with zero attached hydrogens (tertiary/aromatic N) is 3. The van der Waals surface area contributed by atoms with E-state index in [1.165, 1.54) is 29.9 Å². The van der Waals surface area contributed by atoms with Gasteiger partial charge in [-0.1, -0.05) is 35.6 Å². The summed E-state index contributed by atoms with van der Waals surface area (Å²) in [5, 5.41) is 0. The molecule has 2 heterocycles. The number of esters is 2. The van der Waals surface area contributed by atoms with Crippen LogP contribution in [0.3, 0.4) is 0 Å². The molecule has 35 heavy (non-hydrogen) atoms. The number of rotatable bonds is 5. The molecule has 1 aliphatic heterocycles. The molecule has 1 atom stereocenters. The van der Waals surface area contributed by atoms with Gasteiger partial charge in [0.05, 0.1) is 29.0 Å². The van der Waals surface area contributed by atoms with Crippen LogP contribution in [-0.4, -0.2) is 37.7 Å². The van der Waals surface area contributed by atoms with E-state index in [0.29, 0.717) is 26.3 Å². The SMILES string of the molecule is COC(=O)C1=C(C)N=c2sc(=Cc3ccc(N(C)C)cc3)c(=O)n2C1c1ccc(OC(C)=O)cc1. The van der Waals surface area contributed by atoms with Crippen LogP contribution in [0.4, 0.5) is 5.69 Å². The monoisotopic (exact) mass is 491 g/mol. The number of hydrogen-bond acceptors (Lipinski definition) is 8. The second-order valence-electron chi connectivity index (χ2n) is 8.22. The van der Waals surface area contributed by atoms with E-state index in [0.717, 1.165) is 11.3 Å². The van der Waals surface area contributed by atoms with E-state index in [1.54, 1.807) is 31.2 Å². The van der Waals surface area contributed by atoms with Crippen LogP contribution < -0.4 is 24.5 Å². The van der Waals surface area contributed by atoms with Gasteiger partial charge in [-0.15, -0.1) is 0 Å². The Morgan fingerprint density at radius 2 is 1.74 bits per heavy atom. The molecule has 0 fully saturated rings. The predicted octanol–water partition coefficient (Wildman–Crippen LogP) is 2.40. The molecule has 1 aromatic heterocycles. The number of thiazole rings is 1. The van der Waals surface area contributed by atoms with Crippen LogP contribution in [0.5, 0.6) is 5.75 Å². The van der Waals surface area contributed by atoms with Crippen LogP contribution in [0.25, 0.3) is 6.08 Å². The topological polar surface area (TPSA) is 90.2 Å². The van der Waals surface area contributed by atoms with Crippen molar-refractivity contribution in [2.24, 2.45) is 4.99 Å². The zero-order chi connectivity index (χ0) is 25.3. The van der Waals surface area contributed by atoms with Crippen molar-refractivity contribution < 1.29 is 19.1 Å². The molecule has 9 heteroatoms. The van der Waals surface area contributed by atoms with Crippen LogP contribution in [0.2, 0.25) is 0 Å². The minimum Gasteiger partial charge on any atom is -0.466 e. The number of methoxy groups -OCH3 is 1. The van der Waals surface area contributed by atoms with Gasteiger partial charge in [-0.25, -0.2) is 9.79 Å². The van der Waals surface area contributed by atoms with Gasteiger partial charge in [0, 0.05) is 26.7 Å². The molecule has 8 nitrogen and oxygen atoms in total. The molecule has 2 aromatic carbocycles. The minimum absolute atomic E-state index is 0.256. The maximum atomic E-state index is 13.6. The van der Waals surface area contributed by atoms with Gasteiger partial charge in [0.1, 0.15) is 5.75 Å². The van der Waals surface area contributed by atoms with Crippen molar-refractivity contribution in [3.63, 3.8) is 0 Å². The van der Waals surface area contributed by atoms with Gasteiger partial charge >= 0.3 is 11.9 Å². The fourth-order valence-corrected chi connectivity index (χ4v) is 4.96. The van der Waals surface area contributed by atoms with Crippen molar-refractivity contribution in [3.8, 4) is 5.75 Å². The summed E-state index contributed by atoms with van der Waals surface area (Å²) in [7, 11) is 5.23. The number of aromatic nitrogens is 1. The normalized spacial score (nSPS) is 15.3. The standard InChI is InChI=1S/C26H25N3O5S/c1-15-22(25(32)33-5)23(18-8-12-20(13-9-18)34-16(2)30)29-24(31)21(35-26(29)27-15)14-17-6-10-19(11-7-17)28(3)4/h6-14,23H,1-5H3. The molecule has 0 amide bonds. The first-order valence-electron chi connectivity index (χ1n) is 10.9. The summed E-state index contributed by atoms with van der Waals surface area (Å²) < 4.78 is 12.2. The van der Waals surface area contributed by atoms with Crippen molar-refractivity contribution in [2.45, 2.75) is 19.9 Å². The highest BCUT2D eigenvalue weighted by molar-refractivity contribution is 7.07. The Labute approximate surface area is 206 Å². The lowest BCUT2D eigenvalue weighted by Crippen LogP contribution is -2.39. The van der Waals surface area contributed by atoms with Gasteiger partial charge in [-0.05, 0) is 48.4 Å². The molecule has 1 aliphatic rings. The number of carbonyl (C=O) groups excluding carboxylic acids is 2. The molecule has 0 spiro atoms. The zero-order valence-electron chi connectivity index (χ0n) is 20.1. The van der Waals surface area contributed by atoms with E-state index in [2.05, 4.69) is 4.99 Å². The van der Waals surface area contributed by atoms with E-state index >= 15 is 0 Å². The summed E-state index contributed by atoms with van der Waals surface area (Å²) in [6.07, 6.45) is 1.82. The third-order valence-electron chi connectivity index (χ3n) is 5.59. The van der Waals surface area contributed by atoms with Gasteiger partial charge in [0.2, 0.25) is 0 Å². The van der Waals surface area contributed by atoms with Gasteiger partial charge in [-0.3, -0.25) is 14.2 Å². The van der Waals surface area contributed by atoms with Crippen molar-refractivity contribution in [2.75, 3.05) is 26.1 Å². The first-order valence-corrected chi connectivity index (χ1v) is 11.7. The zero-order valence-corrected chi connectivity index (χ0v) is 20.9. The fraction of sp³-hybridized carbons (Fsp3) is 0.231. The Bertz CT molecular complexity index is 1500. The number of benzene rings is 2. The van der Waals surface area contributed by atoms with Crippen molar-refractivity contribution in [3.05, 3.63) is 90.6 Å². The van der Waals surface area contributed by atoms with Crippen LogP contribution >= 0.6 is 11.3 Å². The number of allylic oxidation sites excluding steroid dienone is 1. The van der Waals surface area contributed by atoms with Gasteiger partial charge in [0.15, 0.2) is 4.80 Å². The summed E-state index contributed by atoms with van der Waals surface area (Å²) in [5.74, 6) is -0.626. The first-order chi connectivity index (χ1) is 16.7. The van der Waals surface area contributed by atoms with E-state index in [1.807, 2.05) is 49.3 Å². The number of fused-ring (bicyclic) bond motifs is 1. The Hall–Kier alpha value is -3.98. The molecular formula is C26H25N3O5S. The van der Waals surface area contributed by atoms with Crippen LogP contribution in [-0.2, 0) is 14.3 Å². The third kappa shape index (κ3) is 4.81. The quantitative estimate of drug-likeness (QED) is 0.402. The van der Waals surface area contributed by atoms with E-state index < -0.39 is 18.0 Å². The van der Waals surface area contributed by atoms with Gasteiger partial charge in [-0.2, -0.15) is 0 Å². The fourth-order valence-electron chi connectivity index (χ4n) is 3.91. The average Bonchev–Trinajstić information content (AvgIpc) is 3.12. The highest BCUT2D eigenvalue weighted by Gasteiger charge is 2.33. The summed E-state index contributed by atoms with van der Waals surface area (Å²) >= 11 is 1.26. The van der Waals surface area contributed by atoms with Crippen molar-refractivity contribution in [1.82, 2.24) is 4.57 Å². The summed E-state index contributed by atoms with van der Waals surface area (Å²) in [6.45, 7) is 3.05. The maximum Gasteiger partial charge on any atom is 0.338 e. The number of ether oxygens (including phenoxy) is 2. The lowest BCUT2D eigenvalue weighted by atomic mass is 9.96. The summed E-state index contributed by atoms with van der Waals surface area (Å²) in [6, 6.07) is 13.8. The minimum atomic E-state index is -0.733. The first kappa shape index (κ1) is 24.2. The van der Waals surface area contributed by atoms with Crippen molar-refractivity contribution >= 4 is 35.0 Å². The average molecular weight is 492 g/mol. The van der Waals surface area contributed by atoms with E-state index in [4.69, 9.17) is 9.47 Å². The lowest BCUT2D eigenvalue weighted by molar-refractivity contribution is -0.136. The molecule has 180 valence electrons. The number of hydrogen-bond donors (Lipinski definition) is 0. The molecule has 3 aromatic rings. The summed E-state index contributed by atoms with van der Waals surface area (Å²) in [4.78, 5) is 44.7. The number of carbonyl (C=O) groups is 2. The highest BCUT2D eigenvalue weighted by Crippen LogP contribution is 2.31. The Morgan fingerprint density at radius 1 is 1.09 bits per heavy atom. The lowest BCUT2D eigenvalue weighted by Gasteiger charge is -2.24. The predicted molar refractivity (Wildman–Crippen MR) is 134 cm³/mol. The largest absolute Gasteiger partial charge is 0.466 e. The second kappa shape index (κ2) is 9.71. The molecule has 4 rings (SSSR count). The second-order valence-corrected chi connectivity index (χ2v) is 9.23. The molecule has 1 unspecified atom stereocenters. The molecule has 0 bridgehead atoms. The van der Waals surface area contributed by atoms with Gasteiger partial charge in [0.25, 0.3) is 5.56 Å². The Kier molecular flexibility index (Phi) is 6.70. The highest BCUT2D eigenvalue weighted by atomic mass is 32.1. The van der Waals surface area contributed by atoms with Crippen molar-refractivity contribution in [1.29, 1.82) is 0 Å². The smallest absolute Gasteiger partial charge is 0.338 e. The molecule has 0 radical (unpaired) electrons.